The maximum absolute atomic E-state index is 12.2. The second-order valence-corrected chi connectivity index (χ2v) is 5.68. The summed E-state index contributed by atoms with van der Waals surface area (Å²) < 4.78 is 4.97. The lowest BCUT2D eigenvalue weighted by Crippen LogP contribution is -2.50. The van der Waals surface area contributed by atoms with E-state index >= 15 is 0 Å². The highest BCUT2D eigenvalue weighted by Gasteiger charge is 2.37. The Balaban J connectivity index is 3.10. The number of carbonyl (C=O) groups excluding carboxylic acids is 1. The van der Waals surface area contributed by atoms with Crippen LogP contribution >= 0.6 is 11.8 Å². The van der Waals surface area contributed by atoms with Gasteiger partial charge in [-0.05, 0) is 44.2 Å². The Bertz CT molecular complexity index is 419. The number of ether oxygens (including phenoxy) is 1. The molecule has 0 aliphatic heterocycles. The lowest BCUT2D eigenvalue weighted by molar-refractivity contribution is -0.148. The lowest BCUT2D eigenvalue weighted by Gasteiger charge is -2.31. The van der Waals surface area contributed by atoms with Crippen molar-refractivity contribution >= 4 is 17.7 Å². The Morgan fingerprint density at radius 2 is 2.00 bits per heavy atom. The van der Waals surface area contributed by atoms with E-state index in [2.05, 4.69) is 19.2 Å². The van der Waals surface area contributed by atoms with Gasteiger partial charge >= 0.3 is 5.97 Å². The van der Waals surface area contributed by atoms with Crippen molar-refractivity contribution in [2.75, 3.05) is 13.4 Å². The highest BCUT2D eigenvalue weighted by Crippen LogP contribution is 2.26. The number of rotatable bonds is 6. The first kappa shape index (κ1) is 16.1. The Morgan fingerprint density at radius 3 is 2.42 bits per heavy atom. The van der Waals surface area contributed by atoms with Crippen molar-refractivity contribution in [3.8, 4) is 0 Å². The van der Waals surface area contributed by atoms with Gasteiger partial charge in [0.15, 0.2) is 0 Å². The van der Waals surface area contributed by atoms with Gasteiger partial charge in [-0.25, -0.2) is 4.79 Å². The summed E-state index contributed by atoms with van der Waals surface area (Å²) in [5.74, 6) is -0.260. The van der Waals surface area contributed by atoms with E-state index < -0.39 is 5.54 Å². The Labute approximate surface area is 120 Å². The van der Waals surface area contributed by atoms with E-state index in [0.717, 1.165) is 12.0 Å². The van der Waals surface area contributed by atoms with E-state index in [1.165, 1.54) is 12.0 Å². The first-order valence-corrected chi connectivity index (χ1v) is 7.71. The molecule has 0 fully saturated rings. The molecule has 1 aromatic rings. The van der Waals surface area contributed by atoms with Crippen molar-refractivity contribution in [1.29, 1.82) is 0 Å². The van der Waals surface area contributed by atoms with Crippen molar-refractivity contribution < 1.29 is 9.53 Å². The van der Waals surface area contributed by atoms with Crippen LogP contribution in [0.15, 0.2) is 29.2 Å². The van der Waals surface area contributed by atoms with Gasteiger partial charge in [-0.3, -0.25) is 5.32 Å². The normalized spacial score (nSPS) is 15.6. The molecule has 0 amide bonds. The number of carbonyl (C=O) groups is 1. The minimum absolute atomic E-state index is 0.240. The number of thioether (sulfide) groups is 1. The molecule has 0 spiro atoms. The maximum atomic E-state index is 12.2. The summed E-state index contributed by atoms with van der Waals surface area (Å²) in [6.45, 7) is 6.03. The number of benzene rings is 1. The van der Waals surface area contributed by atoms with E-state index in [1.54, 1.807) is 11.8 Å². The predicted octanol–water partition coefficient (Wildman–Crippen LogP) is 3.18. The van der Waals surface area contributed by atoms with Crippen LogP contribution in [0.2, 0.25) is 0 Å². The highest BCUT2D eigenvalue weighted by molar-refractivity contribution is 7.98. The molecular weight excluding hydrogens is 258 g/mol. The first-order chi connectivity index (χ1) is 8.97. The molecule has 1 aromatic carbocycles. The maximum Gasteiger partial charge on any atom is 0.330 e. The molecule has 0 saturated heterocycles. The van der Waals surface area contributed by atoms with Gasteiger partial charge in [0.1, 0.15) is 5.54 Å². The summed E-state index contributed by atoms with van der Waals surface area (Å²) in [5.41, 5.74) is 0.124. The van der Waals surface area contributed by atoms with Crippen molar-refractivity contribution in [2.45, 2.75) is 43.7 Å². The summed E-state index contributed by atoms with van der Waals surface area (Å²) in [4.78, 5) is 13.3. The second kappa shape index (κ2) is 6.96. The van der Waals surface area contributed by atoms with Crippen LogP contribution in [-0.2, 0) is 15.1 Å². The minimum atomic E-state index is -0.804. The standard InChI is InChI=1S/C15H23NO2S/c1-6-11(2)16-15(3,14(17)18-4)12-7-9-13(19-5)10-8-12/h7-11,16H,6H2,1-5H3. The third kappa shape index (κ3) is 3.74. The predicted molar refractivity (Wildman–Crippen MR) is 80.5 cm³/mol. The molecule has 0 bridgehead atoms. The number of nitrogens with one attached hydrogen (secondary N) is 1. The molecule has 1 rings (SSSR count). The SMILES string of the molecule is CCC(C)NC(C)(C(=O)OC)c1ccc(SC)cc1. The molecule has 106 valence electrons. The zero-order chi connectivity index (χ0) is 14.5. The second-order valence-electron chi connectivity index (χ2n) is 4.80. The molecule has 1 N–H and O–H groups in total. The zero-order valence-corrected chi connectivity index (χ0v) is 13.1. The number of esters is 1. The van der Waals surface area contributed by atoms with Crippen molar-refractivity contribution in [3.05, 3.63) is 29.8 Å². The quantitative estimate of drug-likeness (QED) is 0.642. The summed E-state index contributed by atoms with van der Waals surface area (Å²) >= 11 is 1.68. The van der Waals surface area contributed by atoms with Crippen LogP contribution in [0.3, 0.4) is 0 Å². The van der Waals surface area contributed by atoms with Gasteiger partial charge < -0.3 is 4.74 Å². The van der Waals surface area contributed by atoms with Gasteiger partial charge in [-0.15, -0.1) is 11.8 Å². The molecule has 0 heterocycles. The Morgan fingerprint density at radius 1 is 1.42 bits per heavy atom. The number of hydrogen-bond donors (Lipinski definition) is 1. The molecule has 19 heavy (non-hydrogen) atoms. The molecule has 2 unspecified atom stereocenters. The molecule has 4 heteroatoms. The van der Waals surface area contributed by atoms with Crippen LogP contribution in [0, 0.1) is 0 Å². The van der Waals surface area contributed by atoms with Gasteiger partial charge in [0.2, 0.25) is 0 Å². The fourth-order valence-electron chi connectivity index (χ4n) is 1.98. The molecule has 0 radical (unpaired) electrons. The monoisotopic (exact) mass is 281 g/mol. The molecule has 2 atom stereocenters. The van der Waals surface area contributed by atoms with Crippen LogP contribution in [-0.4, -0.2) is 25.4 Å². The fourth-order valence-corrected chi connectivity index (χ4v) is 2.39. The zero-order valence-electron chi connectivity index (χ0n) is 12.3. The van der Waals surface area contributed by atoms with Gasteiger partial charge in [0.25, 0.3) is 0 Å². The summed E-state index contributed by atoms with van der Waals surface area (Å²) in [6, 6.07) is 8.26. The van der Waals surface area contributed by atoms with Gasteiger partial charge in [-0.1, -0.05) is 19.1 Å². The Kier molecular flexibility index (Phi) is 5.88. The van der Waals surface area contributed by atoms with Gasteiger partial charge in [0.05, 0.1) is 7.11 Å². The molecule has 0 saturated carbocycles. The number of methoxy groups -OCH3 is 1. The molecular formula is C15H23NO2S. The van der Waals surface area contributed by atoms with Crippen LogP contribution in [0.1, 0.15) is 32.8 Å². The van der Waals surface area contributed by atoms with E-state index in [4.69, 9.17) is 4.74 Å². The van der Waals surface area contributed by atoms with Crippen LogP contribution in [0.4, 0.5) is 0 Å². The summed E-state index contributed by atoms with van der Waals surface area (Å²) in [5, 5.41) is 3.37. The smallest absolute Gasteiger partial charge is 0.330 e. The highest BCUT2D eigenvalue weighted by atomic mass is 32.2. The average molecular weight is 281 g/mol. The first-order valence-electron chi connectivity index (χ1n) is 6.48. The van der Waals surface area contributed by atoms with Crippen LogP contribution in [0.25, 0.3) is 0 Å². The van der Waals surface area contributed by atoms with E-state index in [9.17, 15) is 4.79 Å². The molecule has 0 aliphatic rings. The summed E-state index contributed by atoms with van der Waals surface area (Å²) in [7, 11) is 1.43. The van der Waals surface area contributed by atoms with E-state index in [-0.39, 0.29) is 12.0 Å². The lowest BCUT2D eigenvalue weighted by atomic mass is 9.91. The molecule has 0 aromatic heterocycles. The number of hydrogen-bond acceptors (Lipinski definition) is 4. The molecule has 0 aliphatic carbocycles. The third-order valence-electron chi connectivity index (χ3n) is 3.41. The van der Waals surface area contributed by atoms with Crippen LogP contribution in [0.5, 0.6) is 0 Å². The fraction of sp³-hybridized carbons (Fsp3) is 0.533. The average Bonchev–Trinajstić information content (AvgIpc) is 2.45. The topological polar surface area (TPSA) is 38.3 Å². The van der Waals surface area contributed by atoms with E-state index in [1.807, 2.05) is 37.4 Å². The van der Waals surface area contributed by atoms with Crippen molar-refractivity contribution in [3.63, 3.8) is 0 Å². The minimum Gasteiger partial charge on any atom is -0.467 e. The van der Waals surface area contributed by atoms with Crippen molar-refractivity contribution in [2.24, 2.45) is 0 Å². The molecule has 3 nitrogen and oxygen atoms in total. The van der Waals surface area contributed by atoms with Gasteiger partial charge in [0, 0.05) is 10.9 Å². The van der Waals surface area contributed by atoms with E-state index in [0.29, 0.717) is 0 Å². The summed E-state index contributed by atoms with van der Waals surface area (Å²) in [6.07, 6.45) is 2.99. The van der Waals surface area contributed by atoms with Gasteiger partial charge in [-0.2, -0.15) is 0 Å². The van der Waals surface area contributed by atoms with Crippen LogP contribution < -0.4 is 5.32 Å². The third-order valence-corrected chi connectivity index (χ3v) is 4.15. The van der Waals surface area contributed by atoms with Crippen molar-refractivity contribution in [1.82, 2.24) is 5.32 Å². The largest absolute Gasteiger partial charge is 0.467 e. The Hall–Kier alpha value is -1.00.